The van der Waals surface area contributed by atoms with E-state index in [9.17, 15) is 0 Å². The van der Waals surface area contributed by atoms with Crippen LogP contribution in [0, 0.1) is 0 Å². The quantitative estimate of drug-likeness (QED) is 0.787. The monoisotopic (exact) mass is 264 g/mol. The molecule has 0 aliphatic heterocycles. The van der Waals surface area contributed by atoms with Crippen molar-refractivity contribution in [1.29, 1.82) is 0 Å². The molecule has 1 aromatic carbocycles. The summed E-state index contributed by atoms with van der Waals surface area (Å²) in [6.07, 6.45) is 7.32. The van der Waals surface area contributed by atoms with E-state index in [1.54, 1.807) is 12.4 Å². The molecule has 0 unspecified atom stereocenters. The standard InChI is InChI=1S/C16H16N4/c17-9-13-1-3-14(4-2-13)11-20-12-19-10-16(20)15-5-7-18-8-6-15/h1-8,10,12H,9,11,17H2. The smallest absolute Gasteiger partial charge is 0.0954 e. The molecular weight excluding hydrogens is 248 g/mol. The van der Waals surface area contributed by atoms with Gasteiger partial charge in [-0.1, -0.05) is 24.3 Å². The number of nitrogens with zero attached hydrogens (tertiary/aromatic N) is 3. The van der Waals surface area contributed by atoms with E-state index in [0.717, 1.165) is 23.4 Å². The van der Waals surface area contributed by atoms with Crippen LogP contribution < -0.4 is 5.73 Å². The number of aromatic nitrogens is 3. The van der Waals surface area contributed by atoms with Gasteiger partial charge < -0.3 is 10.3 Å². The molecule has 0 atom stereocenters. The van der Waals surface area contributed by atoms with Gasteiger partial charge in [-0.2, -0.15) is 0 Å². The van der Waals surface area contributed by atoms with Crippen LogP contribution in [0.1, 0.15) is 11.1 Å². The van der Waals surface area contributed by atoms with Crippen molar-refractivity contribution >= 4 is 0 Å². The zero-order chi connectivity index (χ0) is 13.8. The minimum atomic E-state index is 0.577. The summed E-state index contributed by atoms with van der Waals surface area (Å²) in [6.45, 7) is 1.37. The summed E-state index contributed by atoms with van der Waals surface area (Å²) in [4.78, 5) is 8.30. The molecule has 0 radical (unpaired) electrons. The molecule has 3 rings (SSSR count). The maximum absolute atomic E-state index is 5.61. The first kappa shape index (κ1) is 12.6. The van der Waals surface area contributed by atoms with Crippen LogP contribution >= 0.6 is 0 Å². The van der Waals surface area contributed by atoms with E-state index in [0.29, 0.717) is 6.54 Å². The van der Waals surface area contributed by atoms with Crippen molar-refractivity contribution < 1.29 is 0 Å². The molecule has 2 aromatic heterocycles. The van der Waals surface area contributed by atoms with Gasteiger partial charge in [-0.05, 0) is 23.3 Å². The minimum absolute atomic E-state index is 0.577. The fourth-order valence-corrected chi connectivity index (χ4v) is 2.19. The molecule has 0 amide bonds. The number of nitrogens with two attached hydrogens (primary N) is 1. The van der Waals surface area contributed by atoms with Gasteiger partial charge in [0.1, 0.15) is 0 Å². The summed E-state index contributed by atoms with van der Waals surface area (Å²) < 4.78 is 2.13. The number of pyridine rings is 1. The van der Waals surface area contributed by atoms with E-state index in [1.807, 2.05) is 24.7 Å². The van der Waals surface area contributed by atoms with Crippen molar-refractivity contribution in [2.45, 2.75) is 13.1 Å². The Balaban J connectivity index is 1.86. The Kier molecular flexibility index (Phi) is 3.56. The first-order valence-electron chi connectivity index (χ1n) is 6.55. The number of hydrogen-bond donors (Lipinski definition) is 1. The zero-order valence-corrected chi connectivity index (χ0v) is 11.1. The highest BCUT2D eigenvalue weighted by molar-refractivity contribution is 5.58. The van der Waals surface area contributed by atoms with E-state index in [-0.39, 0.29) is 0 Å². The van der Waals surface area contributed by atoms with E-state index in [2.05, 4.69) is 38.8 Å². The Morgan fingerprint density at radius 2 is 1.60 bits per heavy atom. The van der Waals surface area contributed by atoms with Crippen LogP contribution in [0.3, 0.4) is 0 Å². The van der Waals surface area contributed by atoms with Crippen LogP contribution in [0.2, 0.25) is 0 Å². The second kappa shape index (κ2) is 5.67. The summed E-state index contributed by atoms with van der Waals surface area (Å²) in [7, 11) is 0. The van der Waals surface area contributed by atoms with Gasteiger partial charge in [0.2, 0.25) is 0 Å². The SMILES string of the molecule is NCc1ccc(Cn2cncc2-c2ccncc2)cc1. The number of benzene rings is 1. The summed E-state index contributed by atoms with van der Waals surface area (Å²) >= 11 is 0. The van der Waals surface area contributed by atoms with Crippen molar-refractivity contribution in [3.05, 3.63) is 72.4 Å². The first-order chi connectivity index (χ1) is 9.86. The third kappa shape index (κ3) is 2.60. The molecule has 0 saturated heterocycles. The predicted octanol–water partition coefficient (Wildman–Crippen LogP) is 2.45. The predicted molar refractivity (Wildman–Crippen MR) is 78.9 cm³/mol. The maximum atomic E-state index is 5.61. The highest BCUT2D eigenvalue weighted by Gasteiger charge is 2.05. The molecule has 0 aliphatic carbocycles. The average molecular weight is 264 g/mol. The molecule has 0 fully saturated rings. The van der Waals surface area contributed by atoms with E-state index >= 15 is 0 Å². The molecule has 4 heteroatoms. The van der Waals surface area contributed by atoms with E-state index in [4.69, 9.17) is 5.73 Å². The lowest BCUT2D eigenvalue weighted by Crippen LogP contribution is -2.01. The first-order valence-corrected chi connectivity index (χ1v) is 6.55. The lowest BCUT2D eigenvalue weighted by Gasteiger charge is -2.09. The highest BCUT2D eigenvalue weighted by atomic mass is 15.0. The van der Waals surface area contributed by atoms with Gasteiger partial charge in [0.15, 0.2) is 0 Å². The van der Waals surface area contributed by atoms with Crippen molar-refractivity contribution in [3.8, 4) is 11.3 Å². The van der Waals surface area contributed by atoms with Crippen molar-refractivity contribution in [2.24, 2.45) is 5.73 Å². The van der Waals surface area contributed by atoms with Crippen LogP contribution in [0.25, 0.3) is 11.3 Å². The molecule has 0 spiro atoms. The Labute approximate surface area is 117 Å². The van der Waals surface area contributed by atoms with Gasteiger partial charge in [-0.25, -0.2) is 4.98 Å². The van der Waals surface area contributed by atoms with Gasteiger partial charge in [-0.15, -0.1) is 0 Å². The molecule has 2 N–H and O–H groups in total. The molecule has 0 aliphatic rings. The molecule has 2 heterocycles. The summed E-state index contributed by atoms with van der Waals surface area (Å²) in [5, 5.41) is 0. The lowest BCUT2D eigenvalue weighted by atomic mass is 10.1. The topological polar surface area (TPSA) is 56.7 Å². The van der Waals surface area contributed by atoms with E-state index in [1.165, 1.54) is 5.56 Å². The van der Waals surface area contributed by atoms with Crippen LogP contribution in [0.4, 0.5) is 0 Å². The Bertz CT molecular complexity index is 671. The Morgan fingerprint density at radius 1 is 0.900 bits per heavy atom. The van der Waals surface area contributed by atoms with Crippen LogP contribution in [0.15, 0.2) is 61.3 Å². The third-order valence-corrected chi connectivity index (χ3v) is 3.30. The van der Waals surface area contributed by atoms with Gasteiger partial charge in [0.05, 0.1) is 18.2 Å². The fraction of sp³-hybridized carbons (Fsp3) is 0.125. The molecular formula is C16H16N4. The lowest BCUT2D eigenvalue weighted by molar-refractivity contribution is 0.804. The molecule has 0 bridgehead atoms. The Hall–Kier alpha value is -2.46. The molecule has 100 valence electrons. The second-order valence-corrected chi connectivity index (χ2v) is 4.66. The number of imidazole rings is 1. The average Bonchev–Trinajstić information content (AvgIpc) is 2.97. The van der Waals surface area contributed by atoms with Gasteiger partial charge in [0.25, 0.3) is 0 Å². The van der Waals surface area contributed by atoms with Crippen molar-refractivity contribution in [3.63, 3.8) is 0 Å². The van der Waals surface area contributed by atoms with Crippen LogP contribution in [-0.4, -0.2) is 14.5 Å². The number of rotatable bonds is 4. The van der Waals surface area contributed by atoms with Crippen molar-refractivity contribution in [2.75, 3.05) is 0 Å². The molecule has 20 heavy (non-hydrogen) atoms. The highest BCUT2D eigenvalue weighted by Crippen LogP contribution is 2.19. The van der Waals surface area contributed by atoms with Crippen molar-refractivity contribution in [1.82, 2.24) is 14.5 Å². The minimum Gasteiger partial charge on any atom is -0.326 e. The fourth-order valence-electron chi connectivity index (χ4n) is 2.19. The van der Waals surface area contributed by atoms with Crippen LogP contribution in [0.5, 0.6) is 0 Å². The van der Waals surface area contributed by atoms with Gasteiger partial charge in [0, 0.05) is 31.0 Å². The molecule has 3 aromatic rings. The zero-order valence-electron chi connectivity index (χ0n) is 11.1. The third-order valence-electron chi connectivity index (χ3n) is 3.30. The van der Waals surface area contributed by atoms with E-state index < -0.39 is 0 Å². The largest absolute Gasteiger partial charge is 0.326 e. The maximum Gasteiger partial charge on any atom is 0.0954 e. The van der Waals surface area contributed by atoms with Crippen LogP contribution in [-0.2, 0) is 13.1 Å². The Morgan fingerprint density at radius 3 is 2.30 bits per heavy atom. The summed E-state index contributed by atoms with van der Waals surface area (Å²) in [5.41, 5.74) is 10.2. The molecule has 4 nitrogen and oxygen atoms in total. The summed E-state index contributed by atoms with van der Waals surface area (Å²) in [5.74, 6) is 0. The summed E-state index contributed by atoms with van der Waals surface area (Å²) in [6, 6.07) is 12.3. The van der Waals surface area contributed by atoms with Gasteiger partial charge in [-0.3, -0.25) is 4.98 Å². The second-order valence-electron chi connectivity index (χ2n) is 4.66. The van der Waals surface area contributed by atoms with Gasteiger partial charge >= 0.3 is 0 Å². The number of hydrogen-bond acceptors (Lipinski definition) is 3. The normalized spacial score (nSPS) is 10.7. The molecule has 0 saturated carbocycles.